The molecule has 0 radical (unpaired) electrons. The molecule has 1 aliphatic heterocycles. The van der Waals surface area contributed by atoms with Crippen molar-refractivity contribution in [2.24, 2.45) is 10.7 Å². The van der Waals surface area contributed by atoms with Crippen molar-refractivity contribution in [2.45, 2.75) is 19.4 Å². The van der Waals surface area contributed by atoms with E-state index >= 15 is 0 Å². The minimum Gasteiger partial charge on any atom is -0.497 e. The van der Waals surface area contributed by atoms with Gasteiger partial charge >= 0.3 is 5.97 Å². The quantitative estimate of drug-likeness (QED) is 0.660. The summed E-state index contributed by atoms with van der Waals surface area (Å²) >= 11 is 0. The largest absolute Gasteiger partial charge is 0.497 e. The number of hydrogen-bond donors (Lipinski definition) is 2. The zero-order valence-electron chi connectivity index (χ0n) is 17.2. The van der Waals surface area contributed by atoms with Gasteiger partial charge in [-0.3, -0.25) is 9.79 Å². The molecule has 0 saturated carbocycles. The monoisotopic (exact) mass is 411 g/mol. The summed E-state index contributed by atoms with van der Waals surface area (Å²) < 4.78 is 5.36. The highest BCUT2D eigenvalue weighted by atomic mass is 16.5. The van der Waals surface area contributed by atoms with Gasteiger partial charge in [-0.15, -0.1) is 0 Å². The molecule has 4 rings (SSSR count). The van der Waals surface area contributed by atoms with Crippen LogP contribution in [-0.2, 0) is 11.2 Å². The first-order valence-electron chi connectivity index (χ1n) is 9.79. The van der Waals surface area contributed by atoms with E-state index in [4.69, 9.17) is 10.5 Å². The summed E-state index contributed by atoms with van der Waals surface area (Å²) in [6.45, 7) is 2.01. The SMILES string of the molecule is COc1cc(CC(=O)O)c(C#N)c(-c2cccc(C3N=C(N)c4c(C)cccc43)c2)c1. The third-order valence-corrected chi connectivity index (χ3v) is 5.52. The van der Waals surface area contributed by atoms with Crippen molar-refractivity contribution in [3.05, 3.63) is 88.0 Å². The van der Waals surface area contributed by atoms with Crippen LogP contribution in [0.4, 0.5) is 0 Å². The van der Waals surface area contributed by atoms with Crippen LogP contribution in [0.25, 0.3) is 11.1 Å². The molecule has 3 N–H and O–H groups in total. The normalized spacial score (nSPS) is 14.5. The van der Waals surface area contributed by atoms with Gasteiger partial charge in [0.15, 0.2) is 0 Å². The lowest BCUT2D eigenvalue weighted by molar-refractivity contribution is -0.136. The number of fused-ring (bicyclic) bond motifs is 1. The van der Waals surface area contributed by atoms with E-state index in [0.29, 0.717) is 28.3 Å². The van der Waals surface area contributed by atoms with E-state index in [9.17, 15) is 15.2 Å². The van der Waals surface area contributed by atoms with E-state index in [0.717, 1.165) is 27.8 Å². The number of nitrogens with zero attached hydrogens (tertiary/aromatic N) is 2. The average Bonchev–Trinajstić information content (AvgIpc) is 3.10. The van der Waals surface area contributed by atoms with Crippen LogP contribution in [0, 0.1) is 18.3 Å². The molecule has 1 atom stereocenters. The van der Waals surface area contributed by atoms with Crippen molar-refractivity contribution < 1.29 is 14.6 Å². The molecule has 6 nitrogen and oxygen atoms in total. The molecule has 154 valence electrons. The molecule has 0 amide bonds. The minimum absolute atomic E-state index is 0.232. The highest BCUT2D eigenvalue weighted by Gasteiger charge is 2.26. The Bertz CT molecular complexity index is 1270. The Morgan fingerprint density at radius 3 is 2.71 bits per heavy atom. The van der Waals surface area contributed by atoms with Crippen LogP contribution in [0.5, 0.6) is 5.75 Å². The molecule has 6 heteroatoms. The van der Waals surface area contributed by atoms with Gasteiger partial charge in [-0.25, -0.2) is 0 Å². The van der Waals surface area contributed by atoms with Crippen molar-refractivity contribution in [1.82, 2.24) is 0 Å². The summed E-state index contributed by atoms with van der Waals surface area (Å²) in [6.07, 6.45) is -0.261. The van der Waals surface area contributed by atoms with Gasteiger partial charge in [0.2, 0.25) is 0 Å². The van der Waals surface area contributed by atoms with E-state index in [1.165, 1.54) is 7.11 Å². The molecule has 0 saturated heterocycles. The fraction of sp³-hybridized carbons (Fsp3) is 0.160. The number of nitrogens with two attached hydrogens (primary N) is 1. The smallest absolute Gasteiger partial charge is 0.307 e. The molecule has 0 bridgehead atoms. The third kappa shape index (κ3) is 3.62. The Kier molecular flexibility index (Phi) is 5.18. The number of ether oxygens (including phenoxy) is 1. The number of hydrogen-bond acceptors (Lipinski definition) is 5. The average molecular weight is 411 g/mol. The number of carboxylic acids is 1. The molecule has 31 heavy (non-hydrogen) atoms. The molecule has 0 spiro atoms. The van der Waals surface area contributed by atoms with Gasteiger partial charge in [0, 0.05) is 11.1 Å². The Hall–Kier alpha value is -4.11. The first-order chi connectivity index (χ1) is 14.9. The van der Waals surface area contributed by atoms with Crippen LogP contribution in [0.15, 0.2) is 59.6 Å². The third-order valence-electron chi connectivity index (χ3n) is 5.52. The second-order valence-corrected chi connectivity index (χ2v) is 7.47. The van der Waals surface area contributed by atoms with E-state index in [1.54, 1.807) is 12.1 Å². The predicted molar refractivity (Wildman–Crippen MR) is 118 cm³/mol. The van der Waals surface area contributed by atoms with E-state index in [-0.39, 0.29) is 12.5 Å². The number of methoxy groups -OCH3 is 1. The molecule has 1 aliphatic rings. The molecular weight excluding hydrogens is 390 g/mol. The molecular formula is C25H21N3O3. The fourth-order valence-electron chi connectivity index (χ4n) is 4.12. The highest BCUT2D eigenvalue weighted by Crippen LogP contribution is 2.38. The summed E-state index contributed by atoms with van der Waals surface area (Å²) in [6, 6.07) is 19.1. The fourth-order valence-corrected chi connectivity index (χ4v) is 4.12. The first kappa shape index (κ1) is 20.2. The Labute approximate surface area is 180 Å². The predicted octanol–water partition coefficient (Wildman–Crippen LogP) is 3.98. The lowest BCUT2D eigenvalue weighted by Gasteiger charge is -2.15. The number of aliphatic imine (C=N–C) groups is 1. The van der Waals surface area contributed by atoms with Crippen LogP contribution in [0.3, 0.4) is 0 Å². The van der Waals surface area contributed by atoms with Gasteiger partial charge in [0.1, 0.15) is 23.7 Å². The van der Waals surface area contributed by atoms with Gasteiger partial charge in [0.25, 0.3) is 0 Å². The second kappa shape index (κ2) is 7.96. The van der Waals surface area contributed by atoms with E-state index in [1.807, 2.05) is 49.4 Å². The maximum Gasteiger partial charge on any atom is 0.307 e. The molecule has 1 unspecified atom stereocenters. The van der Waals surface area contributed by atoms with Gasteiger partial charge in [-0.05, 0) is 52.9 Å². The first-order valence-corrected chi connectivity index (χ1v) is 9.79. The molecule has 0 aromatic heterocycles. The number of carboxylic acid groups (broad SMARTS) is 1. The summed E-state index contributed by atoms with van der Waals surface area (Å²) in [7, 11) is 1.52. The van der Waals surface area contributed by atoms with Crippen molar-refractivity contribution >= 4 is 11.8 Å². The molecule has 0 aliphatic carbocycles. The van der Waals surface area contributed by atoms with Crippen molar-refractivity contribution in [2.75, 3.05) is 7.11 Å². The van der Waals surface area contributed by atoms with Crippen LogP contribution < -0.4 is 10.5 Å². The van der Waals surface area contributed by atoms with Crippen molar-refractivity contribution in [3.8, 4) is 22.9 Å². The number of rotatable bonds is 5. The standard InChI is InChI=1S/C25H21N3O3/c1-14-5-3-8-19-23(14)25(27)28-24(19)16-7-4-6-15(9-16)20-12-18(31-2)10-17(11-22(29)30)21(20)13-26/h3-10,12,24H,11H2,1-2H3,(H2,27,28)(H,29,30). The zero-order valence-corrected chi connectivity index (χ0v) is 17.2. The number of aliphatic carboxylic acids is 1. The Morgan fingerprint density at radius 1 is 1.23 bits per heavy atom. The molecule has 1 heterocycles. The lowest BCUT2D eigenvalue weighted by Crippen LogP contribution is -2.11. The Morgan fingerprint density at radius 2 is 2.00 bits per heavy atom. The lowest BCUT2D eigenvalue weighted by atomic mass is 9.90. The summed E-state index contributed by atoms with van der Waals surface area (Å²) in [5, 5.41) is 19.1. The van der Waals surface area contributed by atoms with Crippen molar-refractivity contribution in [3.63, 3.8) is 0 Å². The topological polar surface area (TPSA) is 109 Å². The number of amidine groups is 1. The zero-order chi connectivity index (χ0) is 22.1. The second-order valence-electron chi connectivity index (χ2n) is 7.47. The Balaban J connectivity index is 1.85. The van der Waals surface area contributed by atoms with Gasteiger partial charge < -0.3 is 15.6 Å². The van der Waals surface area contributed by atoms with E-state index in [2.05, 4.69) is 11.1 Å². The van der Waals surface area contributed by atoms with Crippen LogP contribution in [-0.4, -0.2) is 24.0 Å². The number of aryl methyl sites for hydroxylation is 1. The minimum atomic E-state index is -1.01. The van der Waals surface area contributed by atoms with Gasteiger partial charge in [0.05, 0.1) is 19.1 Å². The molecule has 3 aromatic carbocycles. The molecule has 0 fully saturated rings. The molecule has 3 aromatic rings. The highest BCUT2D eigenvalue weighted by molar-refractivity contribution is 6.03. The summed E-state index contributed by atoms with van der Waals surface area (Å²) in [5.74, 6) is 0.0123. The van der Waals surface area contributed by atoms with Gasteiger partial charge in [-0.1, -0.05) is 36.4 Å². The van der Waals surface area contributed by atoms with Crippen LogP contribution >= 0.6 is 0 Å². The number of benzene rings is 3. The summed E-state index contributed by atoms with van der Waals surface area (Å²) in [4.78, 5) is 16.0. The maximum absolute atomic E-state index is 11.3. The number of carbonyl (C=O) groups is 1. The maximum atomic E-state index is 11.3. The van der Waals surface area contributed by atoms with Crippen LogP contribution in [0.1, 0.15) is 39.4 Å². The van der Waals surface area contributed by atoms with Crippen molar-refractivity contribution in [1.29, 1.82) is 5.26 Å². The van der Waals surface area contributed by atoms with Crippen LogP contribution in [0.2, 0.25) is 0 Å². The van der Waals surface area contributed by atoms with E-state index < -0.39 is 5.97 Å². The van der Waals surface area contributed by atoms with Gasteiger partial charge in [-0.2, -0.15) is 5.26 Å². The summed E-state index contributed by atoms with van der Waals surface area (Å²) in [5.41, 5.74) is 12.4. The number of nitriles is 1.